The number of rotatable bonds is 3. The summed E-state index contributed by atoms with van der Waals surface area (Å²) >= 11 is 0. The number of benzene rings is 1. The number of imide groups is 1. The third kappa shape index (κ3) is 2.78. The maximum atomic E-state index is 12.1. The largest absolute Gasteiger partial charge is 0.422 e. The minimum absolute atomic E-state index is 0.0867. The van der Waals surface area contributed by atoms with E-state index in [-0.39, 0.29) is 5.76 Å². The molecule has 1 aromatic carbocycles. The van der Waals surface area contributed by atoms with Crippen LogP contribution in [-0.4, -0.2) is 28.9 Å². The van der Waals surface area contributed by atoms with E-state index in [9.17, 15) is 9.59 Å². The van der Waals surface area contributed by atoms with Gasteiger partial charge in [-0.2, -0.15) is 0 Å². The number of amides is 2. The number of hydrogen-bond acceptors (Lipinski definition) is 3. The second kappa shape index (κ2) is 6.43. The molecule has 3 rings (SSSR count). The van der Waals surface area contributed by atoms with Gasteiger partial charge in [-0.15, -0.1) is 0 Å². The van der Waals surface area contributed by atoms with Gasteiger partial charge in [-0.1, -0.05) is 24.3 Å². The van der Waals surface area contributed by atoms with Crippen LogP contribution in [0.1, 0.15) is 37.6 Å². The molecule has 5 nitrogen and oxygen atoms in total. The molecule has 1 aliphatic heterocycles. The number of hydrogen-bond donors (Lipinski definition) is 1. The van der Waals surface area contributed by atoms with Crippen LogP contribution in [0.3, 0.4) is 0 Å². The van der Waals surface area contributed by atoms with Crippen molar-refractivity contribution in [3.8, 4) is 0 Å². The first-order valence-corrected chi connectivity index (χ1v) is 8.10. The number of cyclic esters (lactones) is 1. The Morgan fingerprint density at radius 1 is 1.16 bits per heavy atom. The predicted octanol–water partition coefficient (Wildman–Crippen LogP) is 4.57. The molecule has 0 unspecified atom stereocenters. The molecule has 0 bridgehead atoms. The van der Waals surface area contributed by atoms with Crippen LogP contribution in [-0.2, 0) is 9.53 Å². The number of fused-ring (bicyclic) bond motifs is 1. The molecule has 1 aliphatic rings. The number of H-pyrrole nitrogens is 1. The lowest BCUT2D eigenvalue weighted by Gasteiger charge is -2.05. The maximum Gasteiger partial charge on any atom is 0.422 e. The van der Waals surface area contributed by atoms with Gasteiger partial charge in [0, 0.05) is 34.8 Å². The highest BCUT2D eigenvalue weighted by Crippen LogP contribution is 2.31. The molecule has 128 valence electrons. The molecule has 1 N–H and O–H groups in total. The van der Waals surface area contributed by atoms with Gasteiger partial charge in [0.1, 0.15) is 0 Å². The van der Waals surface area contributed by atoms with Gasteiger partial charge in [-0.25, -0.2) is 9.69 Å². The average Bonchev–Trinajstić information content (AvgIpc) is 3.07. The van der Waals surface area contributed by atoms with Gasteiger partial charge >= 0.3 is 6.09 Å². The van der Waals surface area contributed by atoms with Crippen LogP contribution in [0.2, 0.25) is 0 Å². The first-order chi connectivity index (χ1) is 12.0. The Hall–Kier alpha value is -3.08. The first-order valence-electron chi connectivity index (χ1n) is 8.10. The molecule has 0 spiro atoms. The van der Waals surface area contributed by atoms with E-state index in [2.05, 4.69) is 11.1 Å². The van der Waals surface area contributed by atoms with Crippen molar-refractivity contribution in [1.29, 1.82) is 0 Å². The minimum atomic E-state index is -0.646. The zero-order chi connectivity index (χ0) is 18.1. The Labute approximate surface area is 146 Å². The van der Waals surface area contributed by atoms with Crippen LogP contribution in [0.4, 0.5) is 4.79 Å². The highest BCUT2D eigenvalue weighted by Gasteiger charge is 2.35. The molecule has 0 radical (unpaired) electrons. The highest BCUT2D eigenvalue weighted by molar-refractivity contribution is 6.11. The van der Waals surface area contributed by atoms with Gasteiger partial charge in [0.15, 0.2) is 0 Å². The Balaban J connectivity index is 2.17. The van der Waals surface area contributed by atoms with E-state index in [0.29, 0.717) is 5.57 Å². The van der Waals surface area contributed by atoms with Crippen LogP contribution in [0.15, 0.2) is 36.1 Å². The lowest BCUT2D eigenvalue weighted by Crippen LogP contribution is -2.23. The van der Waals surface area contributed by atoms with E-state index >= 15 is 0 Å². The highest BCUT2D eigenvalue weighted by atomic mass is 16.6. The summed E-state index contributed by atoms with van der Waals surface area (Å²) in [5, 5.41) is 1.05. The van der Waals surface area contributed by atoms with E-state index in [1.807, 2.05) is 50.3 Å². The van der Waals surface area contributed by atoms with E-state index in [0.717, 1.165) is 32.6 Å². The smallest absolute Gasteiger partial charge is 0.404 e. The topological polar surface area (TPSA) is 62.4 Å². The molecule has 1 aromatic heterocycles. The maximum absolute atomic E-state index is 12.1. The number of aromatic amines is 1. The molecule has 2 aromatic rings. The first kappa shape index (κ1) is 16.8. The van der Waals surface area contributed by atoms with E-state index in [1.54, 1.807) is 6.92 Å². The fourth-order valence-corrected chi connectivity index (χ4v) is 2.91. The number of nitrogens with one attached hydrogen (secondary N) is 1. The summed E-state index contributed by atoms with van der Waals surface area (Å²) in [6.45, 7) is 5.74. The number of carbonyl (C=O) groups is 2. The number of nitrogens with zero attached hydrogens (tertiary/aromatic N) is 1. The number of carbonyl (C=O) groups excluding carboxylic acids is 2. The summed E-state index contributed by atoms with van der Waals surface area (Å²) in [6, 6.07) is 5.90. The predicted molar refractivity (Wildman–Crippen MR) is 99.6 cm³/mol. The fourth-order valence-electron chi connectivity index (χ4n) is 2.91. The van der Waals surface area contributed by atoms with Crippen molar-refractivity contribution in [3.05, 3.63) is 52.9 Å². The molecule has 0 aliphatic carbocycles. The van der Waals surface area contributed by atoms with Gasteiger partial charge in [-0.05, 0) is 44.5 Å². The molecule has 2 amide bonds. The van der Waals surface area contributed by atoms with Crippen LogP contribution < -0.4 is 0 Å². The lowest BCUT2D eigenvalue weighted by molar-refractivity contribution is -0.122. The molecule has 1 saturated heterocycles. The van der Waals surface area contributed by atoms with Crippen LogP contribution >= 0.6 is 0 Å². The summed E-state index contributed by atoms with van der Waals surface area (Å²) in [5.74, 6) is -0.330. The van der Waals surface area contributed by atoms with E-state index in [4.69, 9.17) is 4.74 Å². The summed E-state index contributed by atoms with van der Waals surface area (Å²) < 4.78 is 5.12. The quantitative estimate of drug-likeness (QED) is 0.835. The van der Waals surface area contributed by atoms with Gasteiger partial charge in [-0.3, -0.25) is 4.79 Å². The fraction of sp³-hybridized carbons (Fsp3) is 0.200. The van der Waals surface area contributed by atoms with Crippen molar-refractivity contribution < 1.29 is 14.3 Å². The monoisotopic (exact) mass is 336 g/mol. The number of aromatic nitrogens is 1. The van der Waals surface area contributed by atoms with Gasteiger partial charge in [0.25, 0.3) is 5.91 Å². The molecule has 25 heavy (non-hydrogen) atoms. The lowest BCUT2D eigenvalue weighted by atomic mass is 10.0. The summed E-state index contributed by atoms with van der Waals surface area (Å²) in [7, 11) is 1.41. The Bertz CT molecular complexity index is 961. The normalized spacial score (nSPS) is 17.4. The van der Waals surface area contributed by atoms with Crippen molar-refractivity contribution >= 4 is 40.6 Å². The van der Waals surface area contributed by atoms with E-state index < -0.39 is 12.0 Å². The molecule has 2 heterocycles. The van der Waals surface area contributed by atoms with Crippen molar-refractivity contribution in [3.63, 3.8) is 0 Å². The van der Waals surface area contributed by atoms with E-state index in [1.165, 1.54) is 7.05 Å². The van der Waals surface area contributed by atoms with Crippen LogP contribution in [0.5, 0.6) is 0 Å². The zero-order valence-electron chi connectivity index (χ0n) is 14.7. The molecule has 5 heteroatoms. The van der Waals surface area contributed by atoms with Crippen molar-refractivity contribution in [1.82, 2.24) is 9.88 Å². The standard InChI is InChI=1S/C20H20N2O3/c1-5-7-14-15-11-13(9-10-17(15)21-16(14)8-6-2)12(3)18-19(23)22(4)20(24)25-18/h5-11,21H,1-4H3/b7-5-,8-6-,18-12+. The number of allylic oxidation sites excluding steroid dienone is 3. The average molecular weight is 336 g/mol. The number of likely N-dealkylation sites (N-methyl/N-ethyl adjacent to an activating group) is 1. The molecule has 0 saturated carbocycles. The summed E-state index contributed by atoms with van der Waals surface area (Å²) in [5.41, 5.74) is 4.61. The van der Waals surface area contributed by atoms with Gasteiger partial charge < -0.3 is 9.72 Å². The van der Waals surface area contributed by atoms with Crippen molar-refractivity contribution in [2.75, 3.05) is 7.05 Å². The molecule has 0 atom stereocenters. The zero-order valence-corrected chi connectivity index (χ0v) is 14.7. The Morgan fingerprint density at radius 3 is 2.48 bits per heavy atom. The van der Waals surface area contributed by atoms with Gasteiger partial charge in [0.05, 0.1) is 0 Å². The third-order valence-corrected chi connectivity index (χ3v) is 4.27. The molecular weight excluding hydrogens is 316 g/mol. The van der Waals surface area contributed by atoms with Crippen molar-refractivity contribution in [2.24, 2.45) is 0 Å². The molecule has 1 fully saturated rings. The summed E-state index contributed by atoms with van der Waals surface area (Å²) in [6.07, 6.45) is 7.41. The SMILES string of the molecule is C/C=C\c1[nH]c2ccc(/C(C)=C3/OC(=O)N(C)C3=O)cc2c1/C=C\C. The number of ether oxygens (including phenoxy) is 1. The summed E-state index contributed by atoms with van der Waals surface area (Å²) in [4.78, 5) is 28.1. The second-order valence-electron chi connectivity index (χ2n) is 5.90. The van der Waals surface area contributed by atoms with Crippen molar-refractivity contribution in [2.45, 2.75) is 20.8 Å². The third-order valence-electron chi connectivity index (χ3n) is 4.27. The van der Waals surface area contributed by atoms with Gasteiger partial charge in [0.2, 0.25) is 5.76 Å². The Morgan fingerprint density at radius 2 is 1.88 bits per heavy atom. The van der Waals surface area contributed by atoms with Crippen LogP contribution in [0, 0.1) is 0 Å². The Kier molecular flexibility index (Phi) is 4.31. The second-order valence-corrected chi connectivity index (χ2v) is 5.90. The van der Waals surface area contributed by atoms with Crippen LogP contribution in [0.25, 0.3) is 28.6 Å². The molecular formula is C20H20N2O3. The minimum Gasteiger partial charge on any atom is -0.404 e.